The first-order valence-electron chi connectivity index (χ1n) is 10.1. The van der Waals surface area contributed by atoms with Crippen LogP contribution in [0.1, 0.15) is 5.56 Å². The lowest BCUT2D eigenvalue weighted by atomic mass is 10.2. The molecule has 0 aliphatic carbocycles. The van der Waals surface area contributed by atoms with Crippen LogP contribution in [0.2, 0.25) is 0 Å². The van der Waals surface area contributed by atoms with Crippen LogP contribution in [-0.4, -0.2) is 22.3 Å². The van der Waals surface area contributed by atoms with E-state index in [4.69, 9.17) is 9.47 Å². The largest absolute Gasteiger partial charge is 0.497 e. The van der Waals surface area contributed by atoms with Crippen molar-refractivity contribution in [3.63, 3.8) is 0 Å². The second kappa shape index (κ2) is 8.89. The second-order valence-electron chi connectivity index (χ2n) is 7.31. The van der Waals surface area contributed by atoms with Gasteiger partial charge in [-0.05, 0) is 35.9 Å². The second-order valence-corrected chi connectivity index (χ2v) is 7.31. The highest BCUT2D eigenvalue weighted by molar-refractivity contribution is 5.94. The molecule has 2 amide bonds. The summed E-state index contributed by atoms with van der Waals surface area (Å²) < 4.78 is 14.3. The summed E-state index contributed by atoms with van der Waals surface area (Å²) in [6.07, 6.45) is 0. The van der Waals surface area contributed by atoms with E-state index in [2.05, 4.69) is 10.6 Å². The molecule has 0 saturated carbocycles. The normalized spacial score (nSPS) is 10.7. The van der Waals surface area contributed by atoms with Crippen LogP contribution in [0.25, 0.3) is 11.0 Å². The molecular formula is C24H24N4O4. The minimum atomic E-state index is -0.397. The van der Waals surface area contributed by atoms with Crippen molar-refractivity contribution in [2.24, 2.45) is 14.1 Å². The Bertz CT molecular complexity index is 1330. The van der Waals surface area contributed by atoms with Crippen LogP contribution in [0.4, 0.5) is 10.5 Å². The number of imidazole rings is 1. The van der Waals surface area contributed by atoms with E-state index >= 15 is 0 Å². The molecule has 0 atom stereocenters. The van der Waals surface area contributed by atoms with E-state index in [1.165, 1.54) is 4.57 Å². The van der Waals surface area contributed by atoms with Gasteiger partial charge in [-0.1, -0.05) is 30.3 Å². The smallest absolute Gasteiger partial charge is 0.328 e. The molecule has 0 aliphatic rings. The SMILES string of the molecule is COc1cccc(CNC(=O)Nc2cc3c(cc2Oc2ccccc2)n(C)c(=O)n3C)c1. The molecule has 3 aromatic carbocycles. The summed E-state index contributed by atoms with van der Waals surface area (Å²) in [5.74, 6) is 1.77. The zero-order chi connectivity index (χ0) is 22.7. The van der Waals surface area contributed by atoms with Crippen molar-refractivity contribution in [3.05, 3.63) is 82.8 Å². The number of ether oxygens (including phenoxy) is 2. The van der Waals surface area contributed by atoms with Crippen LogP contribution in [0.15, 0.2) is 71.5 Å². The molecule has 32 heavy (non-hydrogen) atoms. The Morgan fingerprint density at radius 3 is 2.31 bits per heavy atom. The Labute approximate surface area is 185 Å². The number of methoxy groups -OCH3 is 1. The zero-order valence-electron chi connectivity index (χ0n) is 18.1. The summed E-state index contributed by atoms with van der Waals surface area (Å²) in [6, 6.07) is 19.8. The third-order valence-corrected chi connectivity index (χ3v) is 5.18. The Hall–Kier alpha value is -4.20. The molecule has 2 N–H and O–H groups in total. The van der Waals surface area contributed by atoms with Gasteiger partial charge in [0.2, 0.25) is 0 Å². The number of benzene rings is 3. The molecule has 0 saturated heterocycles. The van der Waals surface area contributed by atoms with Crippen LogP contribution < -0.4 is 25.8 Å². The molecule has 164 valence electrons. The molecule has 4 aromatic rings. The van der Waals surface area contributed by atoms with Gasteiger partial charge in [-0.15, -0.1) is 0 Å². The van der Waals surface area contributed by atoms with Crippen LogP contribution in [0.3, 0.4) is 0 Å². The van der Waals surface area contributed by atoms with E-state index < -0.39 is 6.03 Å². The van der Waals surface area contributed by atoms with Crippen molar-refractivity contribution in [2.45, 2.75) is 6.54 Å². The first-order chi connectivity index (χ1) is 15.5. The number of para-hydroxylation sites is 1. The van der Waals surface area contributed by atoms with Crippen molar-refractivity contribution >= 4 is 22.8 Å². The van der Waals surface area contributed by atoms with E-state index in [-0.39, 0.29) is 5.69 Å². The van der Waals surface area contributed by atoms with Gasteiger partial charge in [-0.3, -0.25) is 9.13 Å². The fourth-order valence-corrected chi connectivity index (χ4v) is 3.45. The van der Waals surface area contributed by atoms with Gasteiger partial charge in [0.15, 0.2) is 5.75 Å². The minimum absolute atomic E-state index is 0.162. The zero-order valence-corrected chi connectivity index (χ0v) is 18.1. The van der Waals surface area contributed by atoms with Gasteiger partial charge in [0.05, 0.1) is 23.8 Å². The summed E-state index contributed by atoms with van der Waals surface area (Å²) in [5, 5.41) is 5.68. The van der Waals surface area contributed by atoms with Crippen molar-refractivity contribution in [1.82, 2.24) is 14.5 Å². The fourth-order valence-electron chi connectivity index (χ4n) is 3.45. The Kier molecular flexibility index (Phi) is 5.85. The summed E-state index contributed by atoms with van der Waals surface area (Å²) in [5.41, 5.74) is 2.57. The number of nitrogens with one attached hydrogen (secondary N) is 2. The molecule has 0 fully saturated rings. The highest BCUT2D eigenvalue weighted by Gasteiger charge is 2.16. The van der Waals surface area contributed by atoms with E-state index in [1.807, 2.05) is 54.6 Å². The average molecular weight is 432 g/mol. The number of nitrogens with zero attached hydrogens (tertiary/aromatic N) is 2. The Morgan fingerprint density at radius 1 is 0.906 bits per heavy atom. The molecule has 0 spiro atoms. The van der Waals surface area contributed by atoms with Gasteiger partial charge in [0.1, 0.15) is 11.5 Å². The van der Waals surface area contributed by atoms with Gasteiger partial charge in [0.25, 0.3) is 0 Å². The quantitative estimate of drug-likeness (QED) is 0.482. The first kappa shape index (κ1) is 21.0. The van der Waals surface area contributed by atoms with E-state index in [0.717, 1.165) is 11.3 Å². The number of urea groups is 1. The Morgan fingerprint density at radius 2 is 1.59 bits per heavy atom. The fraction of sp³-hybridized carbons (Fsp3) is 0.167. The highest BCUT2D eigenvalue weighted by atomic mass is 16.5. The monoisotopic (exact) mass is 432 g/mol. The molecule has 8 nitrogen and oxygen atoms in total. The minimum Gasteiger partial charge on any atom is -0.497 e. The Balaban J connectivity index is 1.61. The molecule has 1 heterocycles. The molecule has 0 bridgehead atoms. The molecule has 1 aromatic heterocycles. The summed E-state index contributed by atoms with van der Waals surface area (Å²) >= 11 is 0. The van der Waals surface area contributed by atoms with Gasteiger partial charge >= 0.3 is 11.7 Å². The number of aromatic nitrogens is 2. The standard InChI is InChI=1S/C24H24N4O4/c1-27-20-13-19(26-23(29)25-15-16-8-7-11-18(12-16)31-3)22(14-21(20)28(2)24(27)30)32-17-9-5-4-6-10-17/h4-14H,15H2,1-3H3,(H2,25,26,29). The number of anilines is 1. The molecular weight excluding hydrogens is 408 g/mol. The number of aryl methyl sites for hydroxylation is 2. The lowest BCUT2D eigenvalue weighted by Crippen LogP contribution is -2.28. The number of rotatable bonds is 6. The van der Waals surface area contributed by atoms with Crippen molar-refractivity contribution < 1.29 is 14.3 Å². The number of fused-ring (bicyclic) bond motifs is 1. The van der Waals surface area contributed by atoms with Gasteiger partial charge in [-0.25, -0.2) is 9.59 Å². The lowest BCUT2D eigenvalue weighted by Gasteiger charge is -2.14. The maximum Gasteiger partial charge on any atom is 0.328 e. The van der Waals surface area contributed by atoms with Crippen LogP contribution in [-0.2, 0) is 20.6 Å². The summed E-state index contributed by atoms with van der Waals surface area (Å²) in [4.78, 5) is 25.0. The molecule has 0 radical (unpaired) electrons. The summed E-state index contributed by atoms with van der Waals surface area (Å²) in [6.45, 7) is 0.323. The van der Waals surface area contributed by atoms with E-state index in [0.29, 0.717) is 34.8 Å². The number of hydrogen-bond acceptors (Lipinski definition) is 4. The van der Waals surface area contributed by atoms with E-state index in [9.17, 15) is 9.59 Å². The van der Waals surface area contributed by atoms with Crippen LogP contribution in [0.5, 0.6) is 17.2 Å². The molecule has 4 rings (SSSR count). The number of carbonyl (C=O) groups excluding carboxylic acids is 1. The molecule has 0 aliphatic heterocycles. The van der Waals surface area contributed by atoms with Crippen molar-refractivity contribution in [3.8, 4) is 17.2 Å². The summed E-state index contributed by atoms with van der Waals surface area (Å²) in [7, 11) is 4.99. The lowest BCUT2D eigenvalue weighted by molar-refractivity contribution is 0.251. The molecule has 0 unspecified atom stereocenters. The van der Waals surface area contributed by atoms with Crippen molar-refractivity contribution in [1.29, 1.82) is 0 Å². The predicted molar refractivity (Wildman–Crippen MR) is 124 cm³/mol. The van der Waals surface area contributed by atoms with Gasteiger partial charge in [0, 0.05) is 26.7 Å². The molecule has 8 heteroatoms. The predicted octanol–water partition coefficient (Wildman–Crippen LogP) is 4.00. The maximum absolute atomic E-state index is 12.7. The van der Waals surface area contributed by atoms with Gasteiger partial charge in [-0.2, -0.15) is 0 Å². The topological polar surface area (TPSA) is 86.5 Å². The van der Waals surface area contributed by atoms with Crippen LogP contribution >= 0.6 is 0 Å². The highest BCUT2D eigenvalue weighted by Crippen LogP contribution is 2.33. The van der Waals surface area contributed by atoms with Gasteiger partial charge < -0.3 is 20.1 Å². The third kappa shape index (κ3) is 4.29. The number of carbonyl (C=O) groups is 1. The van der Waals surface area contributed by atoms with Crippen molar-refractivity contribution in [2.75, 3.05) is 12.4 Å². The van der Waals surface area contributed by atoms with E-state index in [1.54, 1.807) is 37.9 Å². The first-order valence-corrected chi connectivity index (χ1v) is 10.1. The maximum atomic E-state index is 12.7. The third-order valence-electron chi connectivity index (χ3n) is 5.18. The number of hydrogen-bond donors (Lipinski definition) is 2. The number of amides is 2. The average Bonchev–Trinajstić information content (AvgIpc) is 3.02. The van der Waals surface area contributed by atoms with Crippen LogP contribution in [0, 0.1) is 0 Å².